The summed E-state index contributed by atoms with van der Waals surface area (Å²) in [6.07, 6.45) is 0. The van der Waals surface area contributed by atoms with E-state index in [1.807, 2.05) is 12.1 Å². The van der Waals surface area contributed by atoms with E-state index in [0.717, 1.165) is 31.9 Å². The molecule has 0 bridgehead atoms. The number of halogens is 1. The molecule has 1 aromatic rings. The van der Waals surface area contributed by atoms with Gasteiger partial charge in [-0.2, -0.15) is 0 Å². The van der Waals surface area contributed by atoms with Crippen LogP contribution in [0.4, 0.5) is 0 Å². The average Bonchev–Trinajstić information content (AvgIpc) is 2.77. The van der Waals surface area contributed by atoms with Gasteiger partial charge in [0.15, 0.2) is 11.5 Å². The van der Waals surface area contributed by atoms with Crippen molar-refractivity contribution < 1.29 is 9.47 Å². The van der Waals surface area contributed by atoms with Crippen LogP contribution in [0.25, 0.3) is 0 Å². The van der Waals surface area contributed by atoms with Gasteiger partial charge in [0.2, 0.25) is 6.79 Å². The highest BCUT2D eigenvalue weighted by Gasteiger charge is 2.20. The molecule has 2 aliphatic rings. The summed E-state index contributed by atoms with van der Waals surface area (Å²) in [6, 6.07) is 4.55. The van der Waals surface area contributed by atoms with Crippen molar-refractivity contribution in [1.29, 1.82) is 0 Å². The Labute approximate surface area is 112 Å². The Hall–Kier alpha value is -0.970. The van der Waals surface area contributed by atoms with Crippen LogP contribution in [0.1, 0.15) is 12.5 Å². The molecule has 1 fully saturated rings. The van der Waals surface area contributed by atoms with Crippen molar-refractivity contribution in [2.45, 2.75) is 19.5 Å². The molecule has 18 heavy (non-hydrogen) atoms. The number of nitrogens with zero attached hydrogens (tertiary/aromatic N) is 1. The second-order valence-corrected chi connectivity index (χ2v) is 5.31. The largest absolute Gasteiger partial charge is 0.454 e. The molecule has 0 radical (unpaired) electrons. The van der Waals surface area contributed by atoms with Crippen LogP contribution in [-0.4, -0.2) is 37.4 Å². The van der Waals surface area contributed by atoms with Crippen molar-refractivity contribution in [3.8, 4) is 11.5 Å². The van der Waals surface area contributed by atoms with Crippen LogP contribution in [0, 0.1) is 0 Å². The predicted molar refractivity (Wildman–Crippen MR) is 70.3 cm³/mol. The summed E-state index contributed by atoms with van der Waals surface area (Å²) in [6.45, 7) is 6.55. The van der Waals surface area contributed by atoms with E-state index in [4.69, 9.17) is 21.1 Å². The molecule has 98 valence electrons. The van der Waals surface area contributed by atoms with Crippen molar-refractivity contribution in [2.24, 2.45) is 0 Å². The number of hydrogen-bond acceptors (Lipinski definition) is 4. The van der Waals surface area contributed by atoms with E-state index in [2.05, 4.69) is 17.1 Å². The van der Waals surface area contributed by atoms with Gasteiger partial charge in [0, 0.05) is 32.2 Å². The molecule has 0 unspecified atom stereocenters. The normalized spacial score (nSPS) is 23.3. The van der Waals surface area contributed by atoms with Gasteiger partial charge in [0.25, 0.3) is 0 Å². The van der Waals surface area contributed by atoms with E-state index in [0.29, 0.717) is 16.8 Å². The van der Waals surface area contributed by atoms with Gasteiger partial charge in [-0.15, -0.1) is 0 Å². The highest BCUT2D eigenvalue weighted by Crippen LogP contribution is 2.40. The van der Waals surface area contributed by atoms with Gasteiger partial charge in [0.1, 0.15) is 0 Å². The first-order valence-electron chi connectivity index (χ1n) is 6.26. The maximum Gasteiger partial charge on any atom is 0.231 e. The van der Waals surface area contributed by atoms with Crippen LogP contribution >= 0.6 is 11.6 Å². The first kappa shape index (κ1) is 12.1. The van der Waals surface area contributed by atoms with Crippen LogP contribution < -0.4 is 14.8 Å². The van der Waals surface area contributed by atoms with Gasteiger partial charge in [-0.25, -0.2) is 0 Å². The molecule has 2 heterocycles. The second-order valence-electron chi connectivity index (χ2n) is 4.90. The third-order valence-electron chi connectivity index (χ3n) is 3.35. The van der Waals surface area contributed by atoms with E-state index in [9.17, 15) is 0 Å². The minimum absolute atomic E-state index is 0.267. The number of hydrogen-bond donors (Lipinski definition) is 1. The van der Waals surface area contributed by atoms with Gasteiger partial charge in [-0.3, -0.25) is 4.90 Å². The predicted octanol–water partition coefficient (Wildman–Crippen LogP) is 1.86. The number of fused-ring (bicyclic) bond motifs is 1. The second kappa shape index (κ2) is 4.96. The van der Waals surface area contributed by atoms with E-state index in [-0.39, 0.29) is 6.79 Å². The molecule has 5 heteroatoms. The lowest BCUT2D eigenvalue weighted by atomic mass is 10.1. The molecule has 2 aliphatic heterocycles. The highest BCUT2D eigenvalue weighted by atomic mass is 35.5. The number of rotatable bonds is 2. The monoisotopic (exact) mass is 268 g/mol. The topological polar surface area (TPSA) is 33.7 Å². The summed E-state index contributed by atoms with van der Waals surface area (Å²) in [5.41, 5.74) is 1.18. The van der Waals surface area contributed by atoms with Gasteiger partial charge in [0.05, 0.1) is 5.02 Å². The molecular weight excluding hydrogens is 252 g/mol. The third kappa shape index (κ3) is 2.41. The van der Waals surface area contributed by atoms with E-state index in [1.54, 1.807) is 0 Å². The van der Waals surface area contributed by atoms with Gasteiger partial charge < -0.3 is 14.8 Å². The summed E-state index contributed by atoms with van der Waals surface area (Å²) in [5, 5.41) is 4.08. The molecule has 1 aromatic carbocycles. The van der Waals surface area contributed by atoms with Crippen molar-refractivity contribution in [2.75, 3.05) is 26.4 Å². The highest BCUT2D eigenvalue weighted by molar-refractivity contribution is 6.32. The fourth-order valence-electron chi connectivity index (χ4n) is 2.53. The molecule has 1 atom stereocenters. The molecule has 0 amide bonds. The lowest BCUT2D eigenvalue weighted by molar-refractivity contribution is 0.173. The van der Waals surface area contributed by atoms with Gasteiger partial charge >= 0.3 is 0 Å². The zero-order valence-corrected chi connectivity index (χ0v) is 11.2. The van der Waals surface area contributed by atoms with Crippen LogP contribution in [0.3, 0.4) is 0 Å². The standard InChI is InChI=1S/C13H17ClN2O2/c1-9-6-16(3-2-15-9)7-10-4-11(14)13-12(5-10)17-8-18-13/h4-5,9,15H,2-3,6-8H2,1H3/t9-/m1/s1. The Kier molecular flexibility index (Phi) is 3.33. The summed E-state index contributed by atoms with van der Waals surface area (Å²) in [5.74, 6) is 1.44. The van der Waals surface area contributed by atoms with Crippen molar-refractivity contribution in [3.05, 3.63) is 22.7 Å². The molecule has 0 aliphatic carbocycles. The zero-order valence-electron chi connectivity index (χ0n) is 10.4. The van der Waals surface area contributed by atoms with Crippen molar-refractivity contribution >= 4 is 11.6 Å². The molecule has 3 rings (SSSR count). The smallest absolute Gasteiger partial charge is 0.231 e. The number of benzene rings is 1. The molecule has 1 N–H and O–H groups in total. The SMILES string of the molecule is C[C@@H]1CN(Cc2cc(Cl)c3c(c2)OCO3)CCN1. The maximum absolute atomic E-state index is 6.19. The van der Waals surface area contributed by atoms with E-state index >= 15 is 0 Å². The average molecular weight is 269 g/mol. The number of ether oxygens (including phenoxy) is 2. The summed E-state index contributed by atoms with van der Waals surface area (Å²) < 4.78 is 10.7. The molecule has 1 saturated heterocycles. The molecule has 0 spiro atoms. The lowest BCUT2D eigenvalue weighted by Gasteiger charge is -2.31. The zero-order chi connectivity index (χ0) is 12.5. The fourth-order valence-corrected chi connectivity index (χ4v) is 2.81. The van der Waals surface area contributed by atoms with E-state index in [1.165, 1.54) is 5.56 Å². The molecule has 0 saturated carbocycles. The Morgan fingerprint density at radius 3 is 3.17 bits per heavy atom. The third-order valence-corrected chi connectivity index (χ3v) is 3.63. The fraction of sp³-hybridized carbons (Fsp3) is 0.538. The summed E-state index contributed by atoms with van der Waals surface area (Å²) in [4.78, 5) is 2.43. The molecule has 0 aromatic heterocycles. The quantitative estimate of drug-likeness (QED) is 0.888. The Morgan fingerprint density at radius 1 is 1.44 bits per heavy atom. The minimum atomic E-state index is 0.267. The van der Waals surface area contributed by atoms with Gasteiger partial charge in [-0.05, 0) is 24.6 Å². The van der Waals surface area contributed by atoms with Gasteiger partial charge in [-0.1, -0.05) is 11.6 Å². The lowest BCUT2D eigenvalue weighted by Crippen LogP contribution is -2.48. The molecule has 4 nitrogen and oxygen atoms in total. The Morgan fingerprint density at radius 2 is 2.33 bits per heavy atom. The maximum atomic E-state index is 6.19. The Balaban J connectivity index is 1.75. The van der Waals surface area contributed by atoms with Crippen LogP contribution in [0.15, 0.2) is 12.1 Å². The van der Waals surface area contributed by atoms with Crippen molar-refractivity contribution in [3.63, 3.8) is 0 Å². The van der Waals surface area contributed by atoms with Crippen molar-refractivity contribution in [1.82, 2.24) is 10.2 Å². The summed E-state index contributed by atoms with van der Waals surface area (Å²) in [7, 11) is 0. The first-order valence-corrected chi connectivity index (χ1v) is 6.64. The summed E-state index contributed by atoms with van der Waals surface area (Å²) >= 11 is 6.19. The van der Waals surface area contributed by atoms with Crippen LogP contribution in [-0.2, 0) is 6.54 Å². The number of piperazine rings is 1. The number of nitrogens with one attached hydrogen (secondary N) is 1. The first-order chi connectivity index (χ1) is 8.72. The van der Waals surface area contributed by atoms with Crippen LogP contribution in [0.5, 0.6) is 11.5 Å². The Bertz CT molecular complexity index is 453. The van der Waals surface area contributed by atoms with E-state index < -0.39 is 0 Å². The molecular formula is C13H17ClN2O2. The minimum Gasteiger partial charge on any atom is -0.454 e. The van der Waals surface area contributed by atoms with Crippen LogP contribution in [0.2, 0.25) is 5.02 Å².